The number of aryl methyl sites for hydroxylation is 1. The quantitative estimate of drug-likeness (QED) is 0.774. The largest absolute Gasteiger partial charge is 0.345 e. The Labute approximate surface area is 131 Å². The smallest absolute Gasteiger partial charge is 0.267 e. The van der Waals surface area contributed by atoms with Crippen LogP contribution in [0, 0.1) is 12.8 Å². The second kappa shape index (κ2) is 5.21. The monoisotopic (exact) mass is 312 g/mol. The molecule has 0 aliphatic heterocycles. The molecule has 1 aromatic carbocycles. The molecule has 2 heterocycles. The summed E-state index contributed by atoms with van der Waals surface area (Å²) in [5, 5.41) is 4.03. The van der Waals surface area contributed by atoms with Gasteiger partial charge in [-0.05, 0) is 37.8 Å². The van der Waals surface area contributed by atoms with Gasteiger partial charge in [-0.15, -0.1) is 11.3 Å². The van der Waals surface area contributed by atoms with Gasteiger partial charge in [0.2, 0.25) is 0 Å². The minimum absolute atomic E-state index is 0.104. The van der Waals surface area contributed by atoms with Crippen LogP contribution in [0.2, 0.25) is 0 Å². The van der Waals surface area contributed by atoms with Crippen LogP contribution in [0.1, 0.15) is 33.2 Å². The average molecular weight is 312 g/mol. The number of carbonyl (C=O) groups is 1. The van der Waals surface area contributed by atoms with Crippen molar-refractivity contribution in [1.29, 1.82) is 0 Å². The van der Waals surface area contributed by atoms with Gasteiger partial charge in [0, 0.05) is 6.42 Å². The molecule has 2 N–H and O–H groups in total. The second-order valence-electron chi connectivity index (χ2n) is 5.73. The van der Waals surface area contributed by atoms with Crippen LogP contribution in [0.15, 0.2) is 24.5 Å². The van der Waals surface area contributed by atoms with Gasteiger partial charge >= 0.3 is 0 Å². The van der Waals surface area contributed by atoms with Gasteiger partial charge in [0.25, 0.3) is 5.91 Å². The molecule has 0 bridgehead atoms. The van der Waals surface area contributed by atoms with Crippen molar-refractivity contribution in [3.05, 3.63) is 40.1 Å². The highest BCUT2D eigenvalue weighted by atomic mass is 32.1. The summed E-state index contributed by atoms with van der Waals surface area (Å²) in [6.07, 6.45) is 5.22. The lowest BCUT2D eigenvalue weighted by Crippen LogP contribution is -2.11. The van der Waals surface area contributed by atoms with E-state index in [1.165, 1.54) is 24.2 Å². The maximum Gasteiger partial charge on any atom is 0.267 e. The fourth-order valence-electron chi connectivity index (χ4n) is 2.56. The third-order valence-corrected chi connectivity index (χ3v) is 5.08. The number of nitrogens with zero attached hydrogens (tertiary/aromatic N) is 2. The number of rotatable bonds is 4. The average Bonchev–Trinajstić information content (AvgIpc) is 3.03. The van der Waals surface area contributed by atoms with E-state index in [9.17, 15) is 4.79 Å². The number of hydrogen-bond donors (Lipinski definition) is 2. The zero-order chi connectivity index (χ0) is 15.1. The van der Waals surface area contributed by atoms with Gasteiger partial charge < -0.3 is 10.3 Å². The topological polar surface area (TPSA) is 70.7 Å². The molecule has 0 atom stereocenters. The summed E-state index contributed by atoms with van der Waals surface area (Å²) in [6, 6.07) is 5.69. The highest BCUT2D eigenvalue weighted by Gasteiger charge is 2.24. The van der Waals surface area contributed by atoms with E-state index in [4.69, 9.17) is 0 Å². The van der Waals surface area contributed by atoms with Gasteiger partial charge in [-0.25, -0.2) is 9.97 Å². The van der Waals surface area contributed by atoms with E-state index in [1.54, 1.807) is 6.33 Å². The third kappa shape index (κ3) is 2.50. The van der Waals surface area contributed by atoms with Crippen molar-refractivity contribution < 1.29 is 4.79 Å². The Balaban J connectivity index is 1.59. The molecule has 1 saturated carbocycles. The van der Waals surface area contributed by atoms with Gasteiger partial charge in [-0.3, -0.25) is 4.79 Å². The van der Waals surface area contributed by atoms with Crippen LogP contribution in [0.3, 0.4) is 0 Å². The minimum Gasteiger partial charge on any atom is -0.345 e. The molecular weight excluding hydrogens is 296 g/mol. The van der Waals surface area contributed by atoms with Gasteiger partial charge in [0.1, 0.15) is 10.4 Å². The lowest BCUT2D eigenvalue weighted by atomic mass is 10.2. The number of anilines is 1. The zero-order valence-corrected chi connectivity index (χ0v) is 13.0. The van der Waals surface area contributed by atoms with Crippen molar-refractivity contribution in [2.24, 2.45) is 5.92 Å². The Kier molecular flexibility index (Phi) is 3.18. The fourth-order valence-corrected chi connectivity index (χ4v) is 3.64. The summed E-state index contributed by atoms with van der Waals surface area (Å²) in [5.41, 5.74) is 3.22. The molecule has 2 aromatic heterocycles. The number of amides is 1. The predicted octanol–water partition coefficient (Wildman–Crippen LogP) is 3.53. The summed E-state index contributed by atoms with van der Waals surface area (Å²) >= 11 is 1.51. The normalized spacial score (nSPS) is 14.4. The fraction of sp³-hybridized carbons (Fsp3) is 0.312. The third-order valence-electron chi connectivity index (χ3n) is 3.91. The standard InChI is InChI=1S/C16H16N4OS/c1-9-15(22-13(19-9)7-10-5-6-10)16(21)20-12-4-2-3-11-14(12)18-8-17-11/h2-4,8,10H,5-7H2,1H3,(H,17,18)(H,20,21). The number of aromatic nitrogens is 3. The number of nitrogens with one attached hydrogen (secondary N) is 2. The van der Waals surface area contributed by atoms with Crippen molar-refractivity contribution in [3.8, 4) is 0 Å². The van der Waals surface area contributed by atoms with E-state index >= 15 is 0 Å². The molecule has 5 nitrogen and oxygen atoms in total. The van der Waals surface area contributed by atoms with Gasteiger partial charge in [0.05, 0.1) is 28.2 Å². The maximum atomic E-state index is 12.5. The number of thiazole rings is 1. The van der Waals surface area contributed by atoms with E-state index in [0.717, 1.165) is 39.8 Å². The van der Waals surface area contributed by atoms with E-state index in [-0.39, 0.29) is 5.91 Å². The number of para-hydroxylation sites is 1. The highest BCUT2D eigenvalue weighted by molar-refractivity contribution is 7.13. The Bertz CT molecular complexity index is 847. The first-order chi connectivity index (χ1) is 10.7. The Morgan fingerprint density at radius 2 is 2.32 bits per heavy atom. The van der Waals surface area contributed by atoms with Crippen molar-refractivity contribution in [2.45, 2.75) is 26.2 Å². The van der Waals surface area contributed by atoms with E-state index in [0.29, 0.717) is 4.88 Å². The summed E-state index contributed by atoms with van der Waals surface area (Å²) in [4.78, 5) is 25.1. The second-order valence-corrected chi connectivity index (χ2v) is 6.81. The molecule has 0 spiro atoms. The summed E-state index contributed by atoms with van der Waals surface area (Å²) in [6.45, 7) is 1.90. The molecular formula is C16H16N4OS. The van der Waals surface area contributed by atoms with Crippen LogP contribution in [0.4, 0.5) is 5.69 Å². The molecule has 6 heteroatoms. The SMILES string of the molecule is Cc1nc(CC2CC2)sc1C(=O)Nc1cccc2[nH]cnc12. The molecule has 112 valence electrons. The molecule has 1 aliphatic rings. The van der Waals surface area contributed by atoms with Crippen LogP contribution < -0.4 is 5.32 Å². The van der Waals surface area contributed by atoms with Crippen LogP contribution in [0.5, 0.6) is 0 Å². The first kappa shape index (κ1) is 13.5. The number of benzene rings is 1. The first-order valence-corrected chi connectivity index (χ1v) is 8.22. The predicted molar refractivity (Wildman–Crippen MR) is 87.3 cm³/mol. The molecule has 1 amide bonds. The zero-order valence-electron chi connectivity index (χ0n) is 12.2. The maximum absolute atomic E-state index is 12.5. The molecule has 1 fully saturated rings. The lowest BCUT2D eigenvalue weighted by Gasteiger charge is -2.04. The van der Waals surface area contributed by atoms with Crippen molar-refractivity contribution in [3.63, 3.8) is 0 Å². The van der Waals surface area contributed by atoms with Crippen molar-refractivity contribution >= 4 is 34.0 Å². The number of hydrogen-bond acceptors (Lipinski definition) is 4. The first-order valence-electron chi connectivity index (χ1n) is 7.40. The number of H-pyrrole nitrogens is 1. The molecule has 0 radical (unpaired) electrons. The molecule has 22 heavy (non-hydrogen) atoms. The molecule has 1 aliphatic carbocycles. The summed E-state index contributed by atoms with van der Waals surface area (Å²) in [5.74, 6) is 0.673. The van der Waals surface area contributed by atoms with Crippen LogP contribution in [0.25, 0.3) is 11.0 Å². The van der Waals surface area contributed by atoms with Crippen LogP contribution in [-0.2, 0) is 6.42 Å². The number of aromatic amines is 1. The Morgan fingerprint density at radius 3 is 3.14 bits per heavy atom. The Morgan fingerprint density at radius 1 is 1.45 bits per heavy atom. The van der Waals surface area contributed by atoms with Crippen molar-refractivity contribution in [1.82, 2.24) is 15.0 Å². The van der Waals surface area contributed by atoms with Gasteiger partial charge in [-0.1, -0.05) is 6.07 Å². The molecule has 0 unspecified atom stereocenters. The molecule has 0 saturated heterocycles. The summed E-state index contributed by atoms with van der Waals surface area (Å²) in [7, 11) is 0. The van der Waals surface area contributed by atoms with E-state index in [1.807, 2.05) is 25.1 Å². The molecule has 3 aromatic rings. The Hall–Kier alpha value is -2.21. The van der Waals surface area contributed by atoms with Crippen LogP contribution in [-0.4, -0.2) is 20.9 Å². The van der Waals surface area contributed by atoms with Crippen LogP contribution >= 0.6 is 11.3 Å². The summed E-state index contributed by atoms with van der Waals surface area (Å²) < 4.78 is 0. The lowest BCUT2D eigenvalue weighted by molar-refractivity contribution is 0.103. The van der Waals surface area contributed by atoms with Crippen molar-refractivity contribution in [2.75, 3.05) is 5.32 Å². The number of fused-ring (bicyclic) bond motifs is 1. The number of imidazole rings is 1. The van der Waals surface area contributed by atoms with E-state index in [2.05, 4.69) is 20.3 Å². The van der Waals surface area contributed by atoms with Gasteiger partial charge in [0.15, 0.2) is 0 Å². The van der Waals surface area contributed by atoms with Gasteiger partial charge in [-0.2, -0.15) is 0 Å². The van der Waals surface area contributed by atoms with E-state index < -0.39 is 0 Å². The minimum atomic E-state index is -0.104. The highest BCUT2D eigenvalue weighted by Crippen LogP contribution is 2.34. The number of carbonyl (C=O) groups excluding carboxylic acids is 1. The molecule has 4 rings (SSSR count).